The van der Waals surface area contributed by atoms with Crippen molar-refractivity contribution in [2.75, 3.05) is 0 Å². The second-order valence-electron chi connectivity index (χ2n) is 5.78. The molecule has 18 heavy (non-hydrogen) atoms. The van der Waals surface area contributed by atoms with Gasteiger partial charge in [-0.2, -0.15) is 0 Å². The summed E-state index contributed by atoms with van der Waals surface area (Å²) in [7, 11) is 0. The van der Waals surface area contributed by atoms with E-state index in [1.165, 1.54) is 17.5 Å². The number of benzene rings is 1. The first-order chi connectivity index (χ1) is 8.69. The molecular weight excluding hydrogens is 224 g/mol. The van der Waals surface area contributed by atoms with E-state index in [-0.39, 0.29) is 11.9 Å². The first kappa shape index (κ1) is 11.8. The molecule has 3 rings (SSSR count). The van der Waals surface area contributed by atoms with E-state index in [0.29, 0.717) is 11.8 Å². The molecule has 1 fully saturated rings. The van der Waals surface area contributed by atoms with Gasteiger partial charge in [0.2, 0.25) is 0 Å². The van der Waals surface area contributed by atoms with Crippen LogP contribution in [0.2, 0.25) is 0 Å². The second-order valence-corrected chi connectivity index (χ2v) is 5.78. The molecule has 0 N–H and O–H groups in total. The van der Waals surface area contributed by atoms with Crippen LogP contribution in [-0.2, 0) is 11.2 Å². The van der Waals surface area contributed by atoms with Crippen LogP contribution in [-0.4, -0.2) is 5.97 Å². The highest BCUT2D eigenvalue weighted by molar-refractivity contribution is 5.79. The lowest BCUT2D eigenvalue weighted by Crippen LogP contribution is -2.35. The molecule has 1 aromatic rings. The molecule has 2 aliphatic rings. The van der Waals surface area contributed by atoms with Gasteiger partial charge < -0.3 is 4.74 Å². The molecule has 0 bridgehead atoms. The zero-order valence-corrected chi connectivity index (χ0v) is 11.1. The smallest absolute Gasteiger partial charge is 0.314 e. The number of carbonyl (C=O) groups excluding carboxylic acids is 1. The van der Waals surface area contributed by atoms with Crippen LogP contribution in [0.3, 0.4) is 0 Å². The van der Waals surface area contributed by atoms with Gasteiger partial charge in [0.05, 0.1) is 5.92 Å². The molecular formula is C16H20O2. The third kappa shape index (κ3) is 1.84. The lowest BCUT2D eigenvalue weighted by atomic mass is 9.70. The van der Waals surface area contributed by atoms with Crippen molar-refractivity contribution in [3.63, 3.8) is 0 Å². The quantitative estimate of drug-likeness (QED) is 0.556. The minimum atomic E-state index is -0.00713. The van der Waals surface area contributed by atoms with E-state index in [1.807, 2.05) is 6.07 Å². The number of hydrogen-bond donors (Lipinski definition) is 0. The van der Waals surface area contributed by atoms with Crippen molar-refractivity contribution in [2.45, 2.75) is 45.4 Å². The van der Waals surface area contributed by atoms with Crippen LogP contribution >= 0.6 is 0 Å². The lowest BCUT2D eigenvalue weighted by Gasteiger charge is -2.37. The molecule has 3 atom stereocenters. The molecule has 2 nitrogen and oxygen atoms in total. The van der Waals surface area contributed by atoms with Crippen LogP contribution in [0.1, 0.15) is 50.2 Å². The molecule has 2 heteroatoms. The summed E-state index contributed by atoms with van der Waals surface area (Å²) in [5.41, 5.74) is 2.49. The van der Waals surface area contributed by atoms with E-state index < -0.39 is 0 Å². The van der Waals surface area contributed by atoms with E-state index >= 15 is 0 Å². The van der Waals surface area contributed by atoms with Gasteiger partial charge in [-0.1, -0.05) is 32.4 Å². The molecule has 0 saturated heterocycles. The van der Waals surface area contributed by atoms with Crippen molar-refractivity contribution in [2.24, 2.45) is 11.8 Å². The van der Waals surface area contributed by atoms with E-state index in [0.717, 1.165) is 25.0 Å². The van der Waals surface area contributed by atoms with Gasteiger partial charge in [0, 0.05) is 5.92 Å². The molecule has 1 aliphatic carbocycles. The maximum absolute atomic E-state index is 12.1. The Hall–Kier alpha value is -1.31. The highest BCUT2D eigenvalue weighted by Crippen LogP contribution is 2.47. The number of fused-ring (bicyclic) bond motifs is 3. The summed E-state index contributed by atoms with van der Waals surface area (Å²) in [5, 5.41) is 0. The molecule has 0 radical (unpaired) electrons. The topological polar surface area (TPSA) is 26.3 Å². The number of hydrogen-bond acceptors (Lipinski definition) is 2. The van der Waals surface area contributed by atoms with E-state index in [9.17, 15) is 4.79 Å². The summed E-state index contributed by atoms with van der Waals surface area (Å²) >= 11 is 0. The molecule has 1 heterocycles. The van der Waals surface area contributed by atoms with Crippen molar-refractivity contribution in [3.8, 4) is 5.75 Å². The average molecular weight is 244 g/mol. The Bertz CT molecular complexity index is 478. The third-order valence-corrected chi connectivity index (χ3v) is 4.51. The zero-order chi connectivity index (χ0) is 12.7. The minimum Gasteiger partial charge on any atom is -0.426 e. The Labute approximate surface area is 108 Å². The zero-order valence-electron chi connectivity index (χ0n) is 11.1. The van der Waals surface area contributed by atoms with Crippen molar-refractivity contribution < 1.29 is 9.53 Å². The predicted octanol–water partition coefficient (Wildman–Crippen LogP) is 3.69. The van der Waals surface area contributed by atoms with E-state index in [4.69, 9.17) is 4.74 Å². The number of rotatable bonds is 1. The molecule has 96 valence electrons. The Kier molecular flexibility index (Phi) is 2.89. The standard InChI is InChI=1S/C16H20O2/c1-3-11-5-7-13-12-6-4-10(2)8-14(12)16(17)18-15(13)9-11/h5,7,9-10,12,14H,3-4,6,8H2,1-2H3. The lowest BCUT2D eigenvalue weighted by molar-refractivity contribution is -0.143. The molecule has 1 aliphatic heterocycles. The number of carbonyl (C=O) groups is 1. The molecule has 3 unspecified atom stereocenters. The van der Waals surface area contributed by atoms with Crippen LogP contribution < -0.4 is 4.74 Å². The van der Waals surface area contributed by atoms with E-state index in [1.54, 1.807) is 0 Å². The summed E-state index contributed by atoms with van der Waals surface area (Å²) in [6.07, 6.45) is 4.32. The summed E-state index contributed by atoms with van der Waals surface area (Å²) in [6, 6.07) is 6.39. The molecule has 0 amide bonds. The van der Waals surface area contributed by atoms with Crippen molar-refractivity contribution in [3.05, 3.63) is 29.3 Å². The van der Waals surface area contributed by atoms with Gasteiger partial charge in [0.1, 0.15) is 5.75 Å². The summed E-state index contributed by atoms with van der Waals surface area (Å²) in [6.45, 7) is 4.36. The first-order valence-corrected chi connectivity index (χ1v) is 7.03. The fourth-order valence-corrected chi connectivity index (χ4v) is 3.39. The Morgan fingerprint density at radius 1 is 1.28 bits per heavy atom. The largest absolute Gasteiger partial charge is 0.426 e. The fourth-order valence-electron chi connectivity index (χ4n) is 3.39. The molecule has 0 aromatic heterocycles. The van der Waals surface area contributed by atoms with Gasteiger partial charge in [-0.25, -0.2) is 0 Å². The second kappa shape index (κ2) is 4.42. The summed E-state index contributed by atoms with van der Waals surface area (Å²) in [4.78, 5) is 12.1. The Morgan fingerprint density at radius 3 is 2.89 bits per heavy atom. The van der Waals surface area contributed by atoms with Crippen molar-refractivity contribution in [1.29, 1.82) is 0 Å². The van der Waals surface area contributed by atoms with Gasteiger partial charge in [0.25, 0.3) is 0 Å². The minimum absolute atomic E-state index is 0.00713. The normalized spacial score (nSPS) is 30.3. The van der Waals surface area contributed by atoms with Crippen LogP contribution in [0.4, 0.5) is 0 Å². The predicted molar refractivity (Wildman–Crippen MR) is 70.7 cm³/mol. The summed E-state index contributed by atoms with van der Waals surface area (Å²) in [5.74, 6) is 1.94. The van der Waals surface area contributed by atoms with E-state index in [2.05, 4.69) is 26.0 Å². The maximum atomic E-state index is 12.1. The summed E-state index contributed by atoms with van der Waals surface area (Å²) < 4.78 is 5.55. The highest BCUT2D eigenvalue weighted by atomic mass is 16.5. The average Bonchev–Trinajstić information content (AvgIpc) is 2.38. The molecule has 1 saturated carbocycles. The van der Waals surface area contributed by atoms with Crippen LogP contribution in [0.25, 0.3) is 0 Å². The SMILES string of the molecule is CCc1ccc2c(c1)OC(=O)C1CC(C)CCC21. The number of esters is 1. The fraction of sp³-hybridized carbons (Fsp3) is 0.562. The first-order valence-electron chi connectivity index (χ1n) is 7.03. The van der Waals surface area contributed by atoms with Crippen molar-refractivity contribution >= 4 is 5.97 Å². The van der Waals surface area contributed by atoms with Crippen LogP contribution in [0.5, 0.6) is 5.75 Å². The Balaban J connectivity index is 1.99. The van der Waals surface area contributed by atoms with Gasteiger partial charge in [-0.3, -0.25) is 4.79 Å². The monoisotopic (exact) mass is 244 g/mol. The van der Waals surface area contributed by atoms with Gasteiger partial charge in [-0.05, 0) is 42.4 Å². The van der Waals surface area contributed by atoms with Gasteiger partial charge >= 0.3 is 5.97 Å². The maximum Gasteiger partial charge on any atom is 0.314 e. The number of aryl methyl sites for hydroxylation is 1. The van der Waals surface area contributed by atoms with Crippen LogP contribution in [0.15, 0.2) is 18.2 Å². The third-order valence-electron chi connectivity index (χ3n) is 4.51. The number of ether oxygens (including phenoxy) is 1. The molecule has 0 spiro atoms. The van der Waals surface area contributed by atoms with Gasteiger partial charge in [-0.15, -0.1) is 0 Å². The van der Waals surface area contributed by atoms with Gasteiger partial charge in [0.15, 0.2) is 0 Å². The Morgan fingerprint density at radius 2 is 2.11 bits per heavy atom. The molecule has 1 aromatic carbocycles. The van der Waals surface area contributed by atoms with Crippen LogP contribution in [0, 0.1) is 11.8 Å². The van der Waals surface area contributed by atoms with Crippen molar-refractivity contribution in [1.82, 2.24) is 0 Å². The highest BCUT2D eigenvalue weighted by Gasteiger charge is 2.40.